The van der Waals surface area contributed by atoms with E-state index in [1.54, 1.807) is 0 Å². The zero-order valence-corrected chi connectivity index (χ0v) is 4.14. The van der Waals surface area contributed by atoms with Gasteiger partial charge in [-0.3, -0.25) is 4.79 Å². The van der Waals surface area contributed by atoms with Gasteiger partial charge in [-0.1, -0.05) is 6.58 Å². The van der Waals surface area contributed by atoms with Crippen molar-refractivity contribution >= 4 is 12.0 Å². The molecule has 0 rings (SSSR count). The minimum Gasteiger partial charge on any atom is -0.305 e. The van der Waals surface area contributed by atoms with Crippen LogP contribution in [0.4, 0.5) is 0 Å². The van der Waals surface area contributed by atoms with E-state index in [0.29, 0.717) is 6.21 Å². The number of nitrogens with one attached hydrogen (secondary N) is 1. The Balaban J connectivity index is 4.09. The number of carbonyl (C=O) groups excluding carboxylic acids is 1. The summed E-state index contributed by atoms with van der Waals surface area (Å²) in [6.07, 6.45) is 0.561. The summed E-state index contributed by atoms with van der Waals surface area (Å²) in [5.74, 6) is -0.632. The third kappa shape index (κ3) is 1.35. The molecule has 3 heteroatoms. The van der Waals surface area contributed by atoms with E-state index in [1.165, 1.54) is 6.07 Å². The Morgan fingerprint density at radius 1 is 1.88 bits per heavy atom. The van der Waals surface area contributed by atoms with Crippen molar-refractivity contribution in [3.8, 4) is 6.07 Å². The molecule has 0 aromatic rings. The molecule has 0 aromatic carbocycles. The summed E-state index contributed by atoms with van der Waals surface area (Å²) < 4.78 is 0. The van der Waals surface area contributed by atoms with Gasteiger partial charge in [-0.2, -0.15) is 5.26 Å². The predicted molar refractivity (Wildman–Crippen MR) is 28.5 cm³/mol. The lowest BCUT2D eigenvalue weighted by molar-refractivity contribution is -0.109. The van der Waals surface area contributed by atoms with E-state index in [9.17, 15) is 4.79 Å². The molecule has 40 valence electrons. The Labute approximate surface area is 46.7 Å². The van der Waals surface area contributed by atoms with Crippen molar-refractivity contribution in [3.63, 3.8) is 0 Å². The van der Waals surface area contributed by atoms with Gasteiger partial charge in [-0.05, 0) is 0 Å². The molecular formula is C5H4N2O. The van der Waals surface area contributed by atoms with E-state index in [-0.39, 0.29) is 5.57 Å². The lowest BCUT2D eigenvalue weighted by Crippen LogP contribution is -1.98. The molecule has 0 aliphatic heterocycles. The van der Waals surface area contributed by atoms with Crippen LogP contribution < -0.4 is 0 Å². The molecule has 0 spiro atoms. The van der Waals surface area contributed by atoms with Crippen LogP contribution in [0, 0.1) is 16.7 Å². The number of ketones is 1. The van der Waals surface area contributed by atoms with Gasteiger partial charge in [0.05, 0.1) is 11.8 Å². The number of rotatable bonds is 2. The first-order valence-corrected chi connectivity index (χ1v) is 1.86. The Morgan fingerprint density at radius 2 is 2.38 bits per heavy atom. The van der Waals surface area contributed by atoms with E-state index in [4.69, 9.17) is 10.7 Å². The fraction of sp³-hybridized carbons (Fsp3) is 0. The Bertz CT molecular complexity index is 175. The van der Waals surface area contributed by atoms with Crippen LogP contribution in [0.3, 0.4) is 0 Å². The first-order valence-electron chi connectivity index (χ1n) is 1.86. The minimum atomic E-state index is -0.632. The van der Waals surface area contributed by atoms with Gasteiger partial charge in [0.15, 0.2) is 0 Å². The van der Waals surface area contributed by atoms with Crippen molar-refractivity contribution in [1.29, 1.82) is 10.7 Å². The first kappa shape index (κ1) is 6.57. The first-order chi connectivity index (χ1) is 3.72. The molecule has 0 aliphatic carbocycles. The molecule has 0 saturated heterocycles. The number of carbonyl (C=O) groups is 1. The maximum absolute atomic E-state index is 10.2. The molecule has 3 nitrogen and oxygen atoms in total. The number of nitrogens with zero attached hydrogens (tertiary/aromatic N) is 1. The van der Waals surface area contributed by atoms with E-state index in [2.05, 4.69) is 6.58 Å². The molecule has 0 radical (unpaired) electrons. The van der Waals surface area contributed by atoms with Gasteiger partial charge in [0.25, 0.3) is 0 Å². The third-order valence-electron chi connectivity index (χ3n) is 0.563. The third-order valence-corrected chi connectivity index (χ3v) is 0.563. The van der Waals surface area contributed by atoms with Crippen LogP contribution in [-0.4, -0.2) is 12.0 Å². The van der Waals surface area contributed by atoms with Crippen molar-refractivity contribution in [2.45, 2.75) is 0 Å². The molecular weight excluding hydrogens is 104 g/mol. The van der Waals surface area contributed by atoms with E-state index in [0.717, 1.165) is 0 Å². The van der Waals surface area contributed by atoms with Gasteiger partial charge in [0.1, 0.15) is 6.07 Å². The van der Waals surface area contributed by atoms with E-state index < -0.39 is 5.78 Å². The molecule has 0 atom stereocenters. The SMILES string of the molecule is C=C(C#N)C(=O)C=N. The molecule has 0 amide bonds. The Hall–Kier alpha value is -1.43. The summed E-state index contributed by atoms with van der Waals surface area (Å²) in [6.45, 7) is 3.08. The fourth-order valence-electron chi connectivity index (χ4n) is 0.142. The summed E-state index contributed by atoms with van der Waals surface area (Å²) in [6, 6.07) is 1.52. The average molecular weight is 108 g/mol. The van der Waals surface area contributed by atoms with Gasteiger partial charge in [0.2, 0.25) is 5.78 Å². The number of nitriles is 1. The van der Waals surface area contributed by atoms with Gasteiger partial charge < -0.3 is 5.41 Å². The van der Waals surface area contributed by atoms with Crippen LogP contribution in [0.15, 0.2) is 12.2 Å². The monoisotopic (exact) mass is 108 g/mol. The Morgan fingerprint density at radius 3 is 2.50 bits per heavy atom. The topological polar surface area (TPSA) is 64.7 Å². The average Bonchev–Trinajstić information content (AvgIpc) is 1.84. The van der Waals surface area contributed by atoms with Crippen LogP contribution in [-0.2, 0) is 4.79 Å². The lowest BCUT2D eigenvalue weighted by Gasteiger charge is -1.79. The normalized spacial score (nSPS) is 6.88. The van der Waals surface area contributed by atoms with Gasteiger partial charge >= 0.3 is 0 Å². The van der Waals surface area contributed by atoms with Crippen LogP contribution in [0.1, 0.15) is 0 Å². The Kier molecular flexibility index (Phi) is 2.21. The second kappa shape index (κ2) is 2.69. The van der Waals surface area contributed by atoms with Gasteiger partial charge in [-0.25, -0.2) is 0 Å². The smallest absolute Gasteiger partial charge is 0.213 e. The van der Waals surface area contributed by atoms with Gasteiger partial charge in [0, 0.05) is 0 Å². The number of hydrogen-bond donors (Lipinski definition) is 1. The molecule has 0 saturated carbocycles. The molecule has 0 aromatic heterocycles. The predicted octanol–water partition coefficient (Wildman–Crippen LogP) is 0.285. The van der Waals surface area contributed by atoms with Crippen LogP contribution in [0.25, 0.3) is 0 Å². The standard InChI is InChI=1S/C5H4N2O/c1-4(2-6)5(8)3-7/h3,7H,1H2. The molecule has 0 heterocycles. The van der Waals surface area contributed by atoms with Crippen LogP contribution in [0.2, 0.25) is 0 Å². The molecule has 0 bridgehead atoms. The summed E-state index contributed by atoms with van der Waals surface area (Å²) in [5, 5.41) is 14.3. The zero-order valence-electron chi connectivity index (χ0n) is 4.14. The minimum absolute atomic E-state index is 0.194. The second-order valence-electron chi connectivity index (χ2n) is 1.10. The van der Waals surface area contributed by atoms with Crippen molar-refractivity contribution in [2.75, 3.05) is 0 Å². The summed E-state index contributed by atoms with van der Waals surface area (Å²) in [5.41, 5.74) is -0.194. The highest BCUT2D eigenvalue weighted by Gasteiger charge is 1.98. The largest absolute Gasteiger partial charge is 0.305 e. The highest BCUT2D eigenvalue weighted by Crippen LogP contribution is 1.83. The number of hydrogen-bond acceptors (Lipinski definition) is 3. The number of allylic oxidation sites excluding steroid dienone is 1. The van der Waals surface area contributed by atoms with Crippen molar-refractivity contribution in [2.24, 2.45) is 0 Å². The highest BCUT2D eigenvalue weighted by atomic mass is 16.1. The number of Topliss-reactive ketones (excluding diaryl/α,β-unsaturated/α-hetero) is 1. The molecule has 8 heavy (non-hydrogen) atoms. The maximum Gasteiger partial charge on any atom is 0.213 e. The molecule has 0 aliphatic rings. The van der Waals surface area contributed by atoms with Gasteiger partial charge in [-0.15, -0.1) is 0 Å². The second-order valence-corrected chi connectivity index (χ2v) is 1.10. The maximum atomic E-state index is 10.2. The lowest BCUT2D eigenvalue weighted by atomic mass is 10.2. The quantitative estimate of drug-likeness (QED) is 0.314. The highest BCUT2D eigenvalue weighted by molar-refractivity contribution is 6.35. The van der Waals surface area contributed by atoms with Crippen molar-refractivity contribution in [1.82, 2.24) is 0 Å². The zero-order chi connectivity index (χ0) is 6.57. The van der Waals surface area contributed by atoms with Crippen molar-refractivity contribution in [3.05, 3.63) is 12.2 Å². The van der Waals surface area contributed by atoms with Crippen molar-refractivity contribution < 1.29 is 4.79 Å². The van der Waals surface area contributed by atoms with Crippen LogP contribution in [0.5, 0.6) is 0 Å². The molecule has 0 unspecified atom stereocenters. The van der Waals surface area contributed by atoms with E-state index >= 15 is 0 Å². The molecule has 1 N–H and O–H groups in total. The van der Waals surface area contributed by atoms with Crippen LogP contribution >= 0.6 is 0 Å². The van der Waals surface area contributed by atoms with E-state index in [1.807, 2.05) is 0 Å². The summed E-state index contributed by atoms with van der Waals surface area (Å²) >= 11 is 0. The summed E-state index contributed by atoms with van der Waals surface area (Å²) in [7, 11) is 0. The summed E-state index contributed by atoms with van der Waals surface area (Å²) in [4.78, 5) is 10.2. The fourth-order valence-corrected chi connectivity index (χ4v) is 0.142. The molecule has 0 fully saturated rings.